The van der Waals surface area contributed by atoms with Gasteiger partial charge >= 0.3 is 0 Å². The Morgan fingerprint density at radius 1 is 1.59 bits per heavy atom. The molecule has 1 aromatic rings. The molecular formula is C11H18N4O2. The summed E-state index contributed by atoms with van der Waals surface area (Å²) < 4.78 is 6.84. The monoisotopic (exact) mass is 238 g/mol. The number of aromatic nitrogens is 3. The van der Waals surface area contributed by atoms with E-state index in [1.165, 1.54) is 0 Å². The Bertz CT molecular complexity index is 427. The van der Waals surface area contributed by atoms with Crippen molar-refractivity contribution in [2.45, 2.75) is 38.1 Å². The molecule has 1 aliphatic rings. The van der Waals surface area contributed by atoms with E-state index in [0.29, 0.717) is 13.0 Å². The number of nitrogens with two attached hydrogens (primary N) is 1. The number of ether oxygens (including phenoxy) is 1. The molecule has 1 amide bonds. The van der Waals surface area contributed by atoms with Crippen molar-refractivity contribution in [3.8, 4) is 0 Å². The van der Waals surface area contributed by atoms with Crippen molar-refractivity contribution >= 4 is 5.91 Å². The SMILES string of the molecule is CC(C)(C)c1cn(C2(C(N)=O)CCOC2)nn1. The lowest BCUT2D eigenvalue weighted by molar-refractivity contribution is -0.127. The van der Waals surface area contributed by atoms with Crippen LogP contribution in [-0.4, -0.2) is 34.1 Å². The molecule has 0 radical (unpaired) electrons. The fourth-order valence-electron chi connectivity index (χ4n) is 1.86. The molecule has 0 bridgehead atoms. The number of carbonyl (C=O) groups is 1. The first-order chi connectivity index (χ1) is 7.86. The molecule has 0 aliphatic carbocycles. The van der Waals surface area contributed by atoms with Crippen LogP contribution in [0, 0.1) is 0 Å². The van der Waals surface area contributed by atoms with E-state index in [0.717, 1.165) is 5.69 Å². The van der Waals surface area contributed by atoms with E-state index in [9.17, 15) is 4.79 Å². The number of nitrogens with zero attached hydrogens (tertiary/aromatic N) is 3. The molecule has 1 aromatic heterocycles. The molecule has 1 fully saturated rings. The van der Waals surface area contributed by atoms with E-state index in [1.54, 1.807) is 10.9 Å². The molecule has 2 rings (SSSR count). The Labute approximate surface area is 100 Å². The van der Waals surface area contributed by atoms with E-state index in [2.05, 4.69) is 10.3 Å². The Balaban J connectivity index is 2.39. The molecule has 0 spiro atoms. The Kier molecular flexibility index (Phi) is 2.69. The molecule has 6 nitrogen and oxygen atoms in total. The van der Waals surface area contributed by atoms with Gasteiger partial charge in [0.15, 0.2) is 5.54 Å². The highest BCUT2D eigenvalue weighted by molar-refractivity contribution is 5.83. The molecule has 94 valence electrons. The molecule has 1 saturated heterocycles. The summed E-state index contributed by atoms with van der Waals surface area (Å²) in [6.07, 6.45) is 2.34. The summed E-state index contributed by atoms with van der Waals surface area (Å²) in [6.45, 7) is 6.93. The maximum atomic E-state index is 11.6. The Morgan fingerprint density at radius 3 is 2.71 bits per heavy atom. The second kappa shape index (κ2) is 3.80. The smallest absolute Gasteiger partial charge is 0.247 e. The summed E-state index contributed by atoms with van der Waals surface area (Å²) in [5.41, 5.74) is 5.35. The second-order valence-electron chi connectivity index (χ2n) is 5.50. The fourth-order valence-corrected chi connectivity index (χ4v) is 1.86. The highest BCUT2D eigenvalue weighted by Crippen LogP contribution is 2.28. The van der Waals surface area contributed by atoms with Crippen LogP contribution in [0.3, 0.4) is 0 Å². The summed E-state index contributed by atoms with van der Waals surface area (Å²) in [4.78, 5) is 11.6. The van der Waals surface area contributed by atoms with Crippen molar-refractivity contribution in [2.75, 3.05) is 13.2 Å². The van der Waals surface area contributed by atoms with Crippen molar-refractivity contribution in [3.63, 3.8) is 0 Å². The van der Waals surface area contributed by atoms with Crippen LogP contribution in [0.1, 0.15) is 32.9 Å². The summed E-state index contributed by atoms with van der Waals surface area (Å²) in [5.74, 6) is -0.416. The third kappa shape index (κ3) is 1.93. The van der Waals surface area contributed by atoms with Crippen LogP contribution in [-0.2, 0) is 20.5 Å². The largest absolute Gasteiger partial charge is 0.378 e. The second-order valence-corrected chi connectivity index (χ2v) is 5.50. The van der Waals surface area contributed by atoms with Gasteiger partial charge in [-0.05, 0) is 0 Å². The predicted octanol–water partition coefficient (Wildman–Crippen LogP) is 0.177. The van der Waals surface area contributed by atoms with Gasteiger partial charge in [0, 0.05) is 18.4 Å². The third-order valence-corrected chi connectivity index (χ3v) is 3.16. The van der Waals surface area contributed by atoms with Gasteiger partial charge in [-0.15, -0.1) is 5.10 Å². The van der Waals surface area contributed by atoms with Crippen molar-refractivity contribution in [1.82, 2.24) is 15.0 Å². The van der Waals surface area contributed by atoms with E-state index >= 15 is 0 Å². The molecule has 1 atom stereocenters. The van der Waals surface area contributed by atoms with Gasteiger partial charge in [0.2, 0.25) is 5.91 Å². The zero-order valence-corrected chi connectivity index (χ0v) is 10.4. The fraction of sp³-hybridized carbons (Fsp3) is 0.727. The standard InChI is InChI=1S/C11H18N4O2/c1-10(2,3)8-6-15(14-13-8)11(9(12)16)4-5-17-7-11/h6H,4-5,7H2,1-3H3,(H2,12,16). The summed E-state index contributed by atoms with van der Waals surface area (Å²) in [5, 5.41) is 8.15. The molecule has 1 unspecified atom stereocenters. The molecule has 6 heteroatoms. The molecular weight excluding hydrogens is 220 g/mol. The number of rotatable bonds is 2. The molecule has 17 heavy (non-hydrogen) atoms. The van der Waals surface area contributed by atoms with Gasteiger partial charge in [0.1, 0.15) is 0 Å². The minimum Gasteiger partial charge on any atom is -0.378 e. The van der Waals surface area contributed by atoms with Crippen molar-refractivity contribution in [1.29, 1.82) is 0 Å². The lowest BCUT2D eigenvalue weighted by Gasteiger charge is -2.23. The van der Waals surface area contributed by atoms with Crippen molar-refractivity contribution < 1.29 is 9.53 Å². The predicted molar refractivity (Wildman–Crippen MR) is 61.3 cm³/mol. The van der Waals surface area contributed by atoms with Gasteiger partial charge in [0.25, 0.3) is 0 Å². The first kappa shape index (κ1) is 12.0. The first-order valence-corrected chi connectivity index (χ1v) is 5.67. The van der Waals surface area contributed by atoms with E-state index in [-0.39, 0.29) is 12.0 Å². The van der Waals surface area contributed by atoms with Crippen molar-refractivity contribution in [2.24, 2.45) is 5.73 Å². The van der Waals surface area contributed by atoms with Crippen LogP contribution < -0.4 is 5.73 Å². The molecule has 2 heterocycles. The quantitative estimate of drug-likeness (QED) is 0.796. The van der Waals surface area contributed by atoms with Gasteiger partial charge in [-0.3, -0.25) is 4.79 Å². The minimum absolute atomic E-state index is 0.101. The summed E-state index contributed by atoms with van der Waals surface area (Å²) >= 11 is 0. The maximum absolute atomic E-state index is 11.6. The van der Waals surface area contributed by atoms with Crippen LogP contribution in [0.2, 0.25) is 0 Å². The Hall–Kier alpha value is -1.43. The van der Waals surface area contributed by atoms with E-state index in [4.69, 9.17) is 10.5 Å². The van der Waals surface area contributed by atoms with Crippen LogP contribution >= 0.6 is 0 Å². The van der Waals surface area contributed by atoms with Crippen LogP contribution in [0.25, 0.3) is 0 Å². The summed E-state index contributed by atoms with van der Waals surface area (Å²) in [7, 11) is 0. The van der Waals surface area contributed by atoms with Crippen LogP contribution in [0.15, 0.2) is 6.20 Å². The molecule has 0 saturated carbocycles. The molecule has 1 aliphatic heterocycles. The summed E-state index contributed by atoms with van der Waals surface area (Å²) in [6, 6.07) is 0. The normalized spacial score (nSPS) is 25.1. The minimum atomic E-state index is -0.865. The van der Waals surface area contributed by atoms with Gasteiger partial charge in [-0.1, -0.05) is 26.0 Å². The van der Waals surface area contributed by atoms with Gasteiger partial charge in [-0.2, -0.15) is 0 Å². The maximum Gasteiger partial charge on any atom is 0.247 e. The highest BCUT2D eigenvalue weighted by atomic mass is 16.5. The molecule has 2 N–H and O–H groups in total. The third-order valence-electron chi connectivity index (χ3n) is 3.16. The van der Waals surface area contributed by atoms with Crippen molar-refractivity contribution in [3.05, 3.63) is 11.9 Å². The lowest BCUT2D eigenvalue weighted by atomic mass is 9.92. The lowest BCUT2D eigenvalue weighted by Crippen LogP contribution is -2.47. The number of primary amides is 1. The average molecular weight is 238 g/mol. The number of amides is 1. The number of carbonyl (C=O) groups excluding carboxylic acids is 1. The van der Waals surface area contributed by atoms with Gasteiger partial charge in [-0.25, -0.2) is 4.68 Å². The van der Waals surface area contributed by atoms with Gasteiger partial charge in [0.05, 0.1) is 18.5 Å². The topological polar surface area (TPSA) is 83.0 Å². The Morgan fingerprint density at radius 2 is 2.29 bits per heavy atom. The zero-order chi connectivity index (χ0) is 12.7. The van der Waals surface area contributed by atoms with Crippen LogP contribution in [0.5, 0.6) is 0 Å². The number of hydrogen-bond donors (Lipinski definition) is 1. The van der Waals surface area contributed by atoms with E-state index in [1.807, 2.05) is 20.8 Å². The zero-order valence-electron chi connectivity index (χ0n) is 10.4. The van der Waals surface area contributed by atoms with E-state index < -0.39 is 11.4 Å². The van der Waals surface area contributed by atoms with Gasteiger partial charge < -0.3 is 10.5 Å². The number of hydrogen-bond acceptors (Lipinski definition) is 4. The van der Waals surface area contributed by atoms with Crippen LogP contribution in [0.4, 0.5) is 0 Å². The molecule has 0 aromatic carbocycles. The average Bonchev–Trinajstić information content (AvgIpc) is 2.86. The first-order valence-electron chi connectivity index (χ1n) is 5.67. The highest BCUT2D eigenvalue weighted by Gasteiger charge is 2.44.